The van der Waals surface area contributed by atoms with Gasteiger partial charge in [-0.1, -0.05) is 60.7 Å². The molecular weight excluding hydrogens is 698 g/mol. The van der Waals surface area contributed by atoms with E-state index in [0.29, 0.717) is 0 Å². The van der Waals surface area contributed by atoms with Crippen LogP contribution in [0.25, 0.3) is 0 Å². The molecule has 8 rings (SSSR count). The van der Waals surface area contributed by atoms with Crippen molar-refractivity contribution in [2.75, 3.05) is 20.3 Å². The number of carbonyl (C=O) groups is 2. The minimum atomic E-state index is -0.927. The number of aromatic nitrogens is 4. The molecule has 18 heteroatoms. The molecule has 6 heterocycles. The fourth-order valence-corrected chi connectivity index (χ4v) is 6.60. The summed E-state index contributed by atoms with van der Waals surface area (Å²) < 4.78 is 42.3. The van der Waals surface area contributed by atoms with Crippen molar-refractivity contribution in [2.24, 2.45) is 5.73 Å². The standard InChI is InChI=1S/C18H18N2O7.C17H17N3O6/c1-24-17(23)12-15(22)20(8-7-19-12)16-14-13(11(9-21)25-16)26-18(27-14)10-5-3-2-4-6-10;18-14(22)11-15(23)20(7-6-19-11)16-13-12(10(8-21)24-16)25-17(26-13)9-4-2-1-3-5-9/h2-8,11,13-14,16,18,21H,9H2,1H3;1-7,10,12-13,16-17,21H,8H2,(H2,18,22)/t11-,13-,14-,16-,18?;10-,12-,13-,16-,17?/m11/s1. The molecule has 0 saturated carbocycles. The molecule has 53 heavy (non-hydrogen) atoms. The fraction of sp³-hybridized carbons (Fsp3) is 0.371. The second-order valence-corrected chi connectivity index (χ2v) is 12.2. The Morgan fingerprint density at radius 1 is 0.679 bits per heavy atom. The van der Waals surface area contributed by atoms with Crippen molar-refractivity contribution in [3.05, 3.63) is 129 Å². The molecule has 278 valence electrons. The van der Waals surface area contributed by atoms with Crippen molar-refractivity contribution >= 4 is 11.9 Å². The number of hydrogen-bond donors (Lipinski definition) is 3. The predicted octanol–water partition coefficient (Wildman–Crippen LogP) is 0.117. The summed E-state index contributed by atoms with van der Waals surface area (Å²) in [6.07, 6.45) is -1.40. The summed E-state index contributed by atoms with van der Waals surface area (Å²) in [6, 6.07) is 18.7. The molecule has 4 saturated heterocycles. The van der Waals surface area contributed by atoms with Gasteiger partial charge in [0.05, 0.1) is 20.3 Å². The van der Waals surface area contributed by atoms with E-state index in [9.17, 15) is 29.4 Å². The normalized spacial score (nSPS) is 29.9. The minimum Gasteiger partial charge on any atom is -0.464 e. The van der Waals surface area contributed by atoms with Crippen LogP contribution in [0, 0.1) is 0 Å². The highest BCUT2D eigenvalue weighted by molar-refractivity contribution is 5.90. The Labute approximate surface area is 300 Å². The molecule has 4 fully saturated rings. The number of ether oxygens (including phenoxy) is 7. The van der Waals surface area contributed by atoms with Gasteiger partial charge in [0.2, 0.25) is 5.69 Å². The number of amides is 1. The molecule has 4 aliphatic heterocycles. The maximum absolute atomic E-state index is 12.7. The van der Waals surface area contributed by atoms with Crippen LogP contribution in [0.4, 0.5) is 0 Å². The summed E-state index contributed by atoms with van der Waals surface area (Å²) in [7, 11) is 1.17. The van der Waals surface area contributed by atoms with Gasteiger partial charge in [-0.3, -0.25) is 23.5 Å². The average Bonchev–Trinajstić information content (AvgIpc) is 3.97. The maximum atomic E-state index is 12.7. The molecule has 0 aliphatic carbocycles. The van der Waals surface area contributed by atoms with E-state index in [0.717, 1.165) is 11.1 Å². The van der Waals surface area contributed by atoms with E-state index in [1.54, 1.807) is 0 Å². The van der Waals surface area contributed by atoms with Gasteiger partial charge in [0.25, 0.3) is 17.0 Å². The van der Waals surface area contributed by atoms with Crippen LogP contribution in [-0.4, -0.2) is 98.1 Å². The van der Waals surface area contributed by atoms with Crippen LogP contribution in [0.5, 0.6) is 0 Å². The van der Waals surface area contributed by atoms with Crippen LogP contribution >= 0.6 is 0 Å². The van der Waals surface area contributed by atoms with Crippen molar-refractivity contribution in [2.45, 2.75) is 61.7 Å². The van der Waals surface area contributed by atoms with Gasteiger partial charge in [-0.15, -0.1) is 0 Å². The molecule has 0 radical (unpaired) electrons. The lowest BCUT2D eigenvalue weighted by Gasteiger charge is -2.21. The number of primary amides is 1. The van der Waals surface area contributed by atoms with Gasteiger partial charge in [-0.25, -0.2) is 14.8 Å². The number of nitrogens with zero attached hydrogens (tertiary/aromatic N) is 4. The van der Waals surface area contributed by atoms with Gasteiger partial charge in [0.15, 0.2) is 30.7 Å². The Bertz CT molecular complexity index is 2050. The quantitative estimate of drug-likeness (QED) is 0.204. The molecule has 0 spiro atoms. The topological polar surface area (TPSA) is 235 Å². The third-order valence-electron chi connectivity index (χ3n) is 9.09. The van der Waals surface area contributed by atoms with Crippen LogP contribution in [0.2, 0.25) is 0 Å². The number of aliphatic hydroxyl groups is 2. The van der Waals surface area contributed by atoms with E-state index in [-0.39, 0.29) is 18.9 Å². The summed E-state index contributed by atoms with van der Waals surface area (Å²) in [5, 5.41) is 19.3. The first-order valence-electron chi connectivity index (χ1n) is 16.5. The van der Waals surface area contributed by atoms with Crippen molar-refractivity contribution in [1.82, 2.24) is 19.1 Å². The number of fused-ring (bicyclic) bond motifs is 2. The van der Waals surface area contributed by atoms with Crippen molar-refractivity contribution in [1.29, 1.82) is 0 Å². The lowest BCUT2D eigenvalue weighted by Crippen LogP contribution is -2.37. The first-order chi connectivity index (χ1) is 25.7. The Balaban J connectivity index is 0.000000164. The van der Waals surface area contributed by atoms with Crippen molar-refractivity contribution in [3.63, 3.8) is 0 Å². The second kappa shape index (κ2) is 15.4. The lowest BCUT2D eigenvalue weighted by atomic mass is 10.1. The first-order valence-corrected chi connectivity index (χ1v) is 16.5. The summed E-state index contributed by atoms with van der Waals surface area (Å²) in [5.41, 5.74) is 4.73. The summed E-state index contributed by atoms with van der Waals surface area (Å²) >= 11 is 0. The van der Waals surface area contributed by atoms with Gasteiger partial charge >= 0.3 is 5.97 Å². The highest BCUT2D eigenvalue weighted by Crippen LogP contribution is 2.44. The SMILES string of the molecule is COC(=O)c1nccn([C@@H]2O[C@H](CO)[C@H]3OC(c4ccccc4)O[C@H]32)c1=O.NC(=O)c1nccn([C@@H]2O[C@H](CO)[C@H]3OC(c4ccccc4)O[C@H]32)c1=O. The largest absolute Gasteiger partial charge is 0.464 e. The average molecular weight is 734 g/mol. The van der Waals surface area contributed by atoms with Crippen molar-refractivity contribution < 1.29 is 53.0 Å². The highest BCUT2D eigenvalue weighted by Gasteiger charge is 2.55. The molecule has 2 unspecified atom stereocenters. The minimum absolute atomic E-state index is 0.299. The van der Waals surface area contributed by atoms with Crippen LogP contribution in [0.3, 0.4) is 0 Å². The third-order valence-corrected chi connectivity index (χ3v) is 9.09. The number of rotatable bonds is 8. The Morgan fingerprint density at radius 3 is 1.51 bits per heavy atom. The Morgan fingerprint density at radius 2 is 1.09 bits per heavy atom. The number of hydrogen-bond acceptors (Lipinski definition) is 15. The zero-order chi connectivity index (χ0) is 37.2. The molecule has 4 aromatic rings. The van der Waals surface area contributed by atoms with Gasteiger partial charge in [-0.05, 0) is 0 Å². The van der Waals surface area contributed by atoms with Gasteiger partial charge < -0.3 is 49.1 Å². The van der Waals surface area contributed by atoms with Gasteiger partial charge in [-0.2, -0.15) is 0 Å². The van der Waals surface area contributed by atoms with Crippen LogP contribution < -0.4 is 16.9 Å². The van der Waals surface area contributed by atoms with E-state index < -0.39 is 90.3 Å². The molecule has 2 aromatic heterocycles. The summed E-state index contributed by atoms with van der Waals surface area (Å²) in [5.74, 6) is -1.77. The van der Waals surface area contributed by atoms with E-state index >= 15 is 0 Å². The number of nitrogens with two attached hydrogens (primary N) is 1. The summed E-state index contributed by atoms with van der Waals surface area (Å²) in [4.78, 5) is 55.8. The van der Waals surface area contributed by atoms with Crippen LogP contribution in [0.15, 0.2) is 95.0 Å². The monoisotopic (exact) mass is 733 g/mol. The Kier molecular flexibility index (Phi) is 10.5. The summed E-state index contributed by atoms with van der Waals surface area (Å²) in [6.45, 7) is -0.600. The van der Waals surface area contributed by atoms with E-state index in [4.69, 9.17) is 34.2 Å². The molecular formula is C35H35N5O13. The molecule has 4 N–H and O–H groups in total. The number of benzene rings is 2. The highest BCUT2D eigenvalue weighted by atomic mass is 16.8. The number of aliphatic hydroxyl groups excluding tert-OH is 2. The van der Waals surface area contributed by atoms with Gasteiger partial charge in [0, 0.05) is 35.9 Å². The Hall–Kier alpha value is -5.18. The smallest absolute Gasteiger partial charge is 0.362 e. The number of carbonyl (C=O) groups excluding carboxylic acids is 2. The zero-order valence-corrected chi connectivity index (χ0v) is 28.0. The van der Waals surface area contributed by atoms with E-state index in [1.165, 1.54) is 41.0 Å². The maximum Gasteiger partial charge on any atom is 0.362 e. The molecule has 1 amide bonds. The predicted molar refractivity (Wildman–Crippen MR) is 177 cm³/mol. The van der Waals surface area contributed by atoms with Crippen LogP contribution in [-0.2, 0) is 33.2 Å². The molecule has 10 atom stereocenters. The molecule has 2 aromatic carbocycles. The molecule has 18 nitrogen and oxygen atoms in total. The van der Waals surface area contributed by atoms with Crippen LogP contribution in [0.1, 0.15) is 57.1 Å². The van der Waals surface area contributed by atoms with E-state index in [1.807, 2.05) is 60.7 Å². The molecule has 4 aliphatic rings. The number of methoxy groups -OCH3 is 1. The third kappa shape index (κ3) is 6.89. The molecule has 0 bridgehead atoms. The lowest BCUT2D eigenvalue weighted by molar-refractivity contribution is -0.154. The fourth-order valence-electron chi connectivity index (χ4n) is 6.60. The number of esters is 1. The second-order valence-electron chi connectivity index (χ2n) is 12.2. The first kappa shape index (κ1) is 36.2. The van der Waals surface area contributed by atoms with Crippen molar-refractivity contribution in [3.8, 4) is 0 Å². The van der Waals surface area contributed by atoms with E-state index in [2.05, 4.69) is 14.7 Å². The van der Waals surface area contributed by atoms with Gasteiger partial charge in [0.1, 0.15) is 36.6 Å². The zero-order valence-electron chi connectivity index (χ0n) is 28.0.